The Hall–Kier alpha value is -3.20. The van der Waals surface area contributed by atoms with Crippen molar-refractivity contribution in [3.05, 3.63) is 65.2 Å². The topological polar surface area (TPSA) is 104 Å². The standard InChI is InChI=1S/C28H35N3O5S/c1-20-14-16-22(17-15-20)19-30(21(2)27(33)29-23-9-4-3-5-10-23)26(32)13-8-18-31-28(34)24-11-6-7-12-25(24)37(31,35)36/h6-7,11-12,14-17,21,23H,3-5,8-10,13,18-19H2,1-2H3,(H,29,33)/t21-/m0/s1. The van der Waals surface area contributed by atoms with Crippen LogP contribution in [0.25, 0.3) is 0 Å². The maximum Gasteiger partial charge on any atom is 0.269 e. The molecule has 0 radical (unpaired) electrons. The van der Waals surface area contributed by atoms with Crippen LogP contribution in [0.4, 0.5) is 0 Å². The number of nitrogens with zero attached hydrogens (tertiary/aromatic N) is 2. The lowest BCUT2D eigenvalue weighted by molar-refractivity contribution is -0.141. The summed E-state index contributed by atoms with van der Waals surface area (Å²) in [5.74, 6) is -1.01. The Morgan fingerprint density at radius 1 is 1.05 bits per heavy atom. The minimum Gasteiger partial charge on any atom is -0.352 e. The normalized spacial score (nSPS) is 17.8. The molecule has 0 aromatic heterocycles. The Morgan fingerprint density at radius 2 is 1.73 bits per heavy atom. The molecule has 0 spiro atoms. The third kappa shape index (κ3) is 6.04. The van der Waals surface area contributed by atoms with Gasteiger partial charge in [-0.3, -0.25) is 14.4 Å². The Kier molecular flexibility index (Phi) is 8.32. The van der Waals surface area contributed by atoms with Crippen molar-refractivity contribution in [2.75, 3.05) is 6.54 Å². The zero-order valence-corrected chi connectivity index (χ0v) is 22.3. The van der Waals surface area contributed by atoms with Crippen molar-refractivity contribution >= 4 is 27.7 Å². The average Bonchev–Trinajstić information content (AvgIpc) is 3.09. The van der Waals surface area contributed by atoms with E-state index in [0.29, 0.717) is 0 Å². The monoisotopic (exact) mass is 525 g/mol. The number of aryl methyl sites for hydroxylation is 1. The number of hydrogen-bond acceptors (Lipinski definition) is 5. The van der Waals surface area contributed by atoms with Crippen molar-refractivity contribution < 1.29 is 22.8 Å². The van der Waals surface area contributed by atoms with Gasteiger partial charge in [0.15, 0.2) is 0 Å². The van der Waals surface area contributed by atoms with Crippen LogP contribution >= 0.6 is 0 Å². The molecular formula is C28H35N3O5S. The van der Waals surface area contributed by atoms with Crippen molar-refractivity contribution in [1.82, 2.24) is 14.5 Å². The zero-order valence-electron chi connectivity index (χ0n) is 21.5. The molecule has 9 heteroatoms. The first-order valence-electron chi connectivity index (χ1n) is 13.0. The first-order chi connectivity index (χ1) is 17.7. The van der Waals surface area contributed by atoms with Crippen molar-refractivity contribution in [2.45, 2.75) is 82.3 Å². The molecule has 1 N–H and O–H groups in total. The lowest BCUT2D eigenvalue weighted by Gasteiger charge is -2.31. The largest absolute Gasteiger partial charge is 0.352 e. The maximum absolute atomic E-state index is 13.4. The third-order valence-electron chi connectivity index (χ3n) is 7.26. The van der Waals surface area contributed by atoms with Crippen LogP contribution in [0.1, 0.15) is 73.4 Å². The van der Waals surface area contributed by atoms with E-state index in [0.717, 1.165) is 41.1 Å². The molecule has 1 aliphatic carbocycles. The predicted molar refractivity (Wildman–Crippen MR) is 140 cm³/mol. The van der Waals surface area contributed by atoms with Gasteiger partial charge in [0.2, 0.25) is 11.8 Å². The lowest BCUT2D eigenvalue weighted by Crippen LogP contribution is -2.50. The fraction of sp³-hybridized carbons (Fsp3) is 0.464. The van der Waals surface area contributed by atoms with E-state index in [1.165, 1.54) is 18.6 Å². The van der Waals surface area contributed by atoms with E-state index >= 15 is 0 Å². The fourth-order valence-corrected chi connectivity index (χ4v) is 6.62. The van der Waals surface area contributed by atoms with E-state index in [2.05, 4.69) is 5.32 Å². The summed E-state index contributed by atoms with van der Waals surface area (Å²) in [6, 6.07) is 13.4. The van der Waals surface area contributed by atoms with Gasteiger partial charge >= 0.3 is 0 Å². The number of fused-ring (bicyclic) bond motifs is 1. The van der Waals surface area contributed by atoms with Crippen molar-refractivity contribution in [1.29, 1.82) is 0 Å². The van der Waals surface area contributed by atoms with E-state index < -0.39 is 22.0 Å². The Balaban J connectivity index is 1.43. The number of carbonyl (C=O) groups is 3. The number of carbonyl (C=O) groups excluding carboxylic acids is 3. The van der Waals surface area contributed by atoms with Gasteiger partial charge in [0.05, 0.1) is 5.56 Å². The molecule has 1 fully saturated rings. The van der Waals surface area contributed by atoms with Crippen LogP contribution < -0.4 is 5.32 Å². The highest BCUT2D eigenvalue weighted by Gasteiger charge is 2.40. The third-order valence-corrected chi connectivity index (χ3v) is 9.10. The van der Waals surface area contributed by atoms with E-state index in [1.54, 1.807) is 24.0 Å². The molecule has 0 unspecified atom stereocenters. The Labute approximate surface area is 219 Å². The maximum atomic E-state index is 13.4. The zero-order chi connectivity index (χ0) is 26.6. The Morgan fingerprint density at radius 3 is 2.41 bits per heavy atom. The highest BCUT2D eigenvalue weighted by Crippen LogP contribution is 2.30. The van der Waals surface area contributed by atoms with Gasteiger partial charge in [0, 0.05) is 25.6 Å². The van der Waals surface area contributed by atoms with Gasteiger partial charge in [-0.1, -0.05) is 61.2 Å². The van der Waals surface area contributed by atoms with Gasteiger partial charge in [-0.25, -0.2) is 12.7 Å². The molecule has 37 heavy (non-hydrogen) atoms. The number of hydrogen-bond donors (Lipinski definition) is 1. The average molecular weight is 526 g/mol. The van der Waals surface area contributed by atoms with Gasteiger partial charge in [-0.15, -0.1) is 0 Å². The number of nitrogens with one attached hydrogen (secondary N) is 1. The van der Waals surface area contributed by atoms with Crippen LogP contribution in [0.15, 0.2) is 53.4 Å². The fourth-order valence-electron chi connectivity index (χ4n) is 5.01. The summed E-state index contributed by atoms with van der Waals surface area (Å²) in [5.41, 5.74) is 2.16. The highest BCUT2D eigenvalue weighted by atomic mass is 32.2. The van der Waals surface area contributed by atoms with Crippen molar-refractivity contribution in [3.63, 3.8) is 0 Å². The smallest absolute Gasteiger partial charge is 0.269 e. The molecular weight excluding hydrogens is 490 g/mol. The molecule has 1 heterocycles. The Bertz CT molecular complexity index is 1250. The molecule has 8 nitrogen and oxygen atoms in total. The minimum atomic E-state index is -3.92. The molecule has 2 aromatic carbocycles. The van der Waals surface area contributed by atoms with Crippen LogP contribution in [-0.2, 0) is 26.2 Å². The van der Waals surface area contributed by atoms with E-state index in [9.17, 15) is 22.8 Å². The van der Waals surface area contributed by atoms with E-state index in [1.807, 2.05) is 31.2 Å². The number of sulfonamides is 1. The molecule has 2 aromatic rings. The summed E-state index contributed by atoms with van der Waals surface area (Å²) in [5, 5.41) is 3.11. The first-order valence-corrected chi connectivity index (χ1v) is 14.4. The predicted octanol–water partition coefficient (Wildman–Crippen LogP) is 3.79. The van der Waals surface area contributed by atoms with Crippen LogP contribution in [-0.4, -0.2) is 54.0 Å². The van der Waals surface area contributed by atoms with Crippen molar-refractivity contribution in [3.8, 4) is 0 Å². The number of amides is 3. The second-order valence-electron chi connectivity index (χ2n) is 10.0. The quantitative estimate of drug-likeness (QED) is 0.537. The summed E-state index contributed by atoms with van der Waals surface area (Å²) in [4.78, 5) is 40.7. The number of benzene rings is 2. The molecule has 0 bridgehead atoms. The molecule has 2 aliphatic rings. The van der Waals surface area contributed by atoms with Gasteiger partial charge in [0.25, 0.3) is 15.9 Å². The molecule has 3 amide bonds. The van der Waals surface area contributed by atoms with Crippen molar-refractivity contribution in [2.24, 2.45) is 0 Å². The molecule has 1 atom stereocenters. The minimum absolute atomic E-state index is 0.000306. The van der Waals surface area contributed by atoms with Gasteiger partial charge in [-0.2, -0.15) is 0 Å². The summed E-state index contributed by atoms with van der Waals surface area (Å²) < 4.78 is 26.5. The van der Waals surface area contributed by atoms with E-state index in [-0.39, 0.29) is 54.2 Å². The number of rotatable bonds is 9. The van der Waals surface area contributed by atoms with Crippen LogP contribution in [0.2, 0.25) is 0 Å². The van der Waals surface area contributed by atoms with Gasteiger partial charge in [0.1, 0.15) is 10.9 Å². The van der Waals surface area contributed by atoms with Gasteiger partial charge < -0.3 is 10.2 Å². The van der Waals surface area contributed by atoms with Crippen LogP contribution in [0, 0.1) is 6.92 Å². The first kappa shape index (κ1) is 26.9. The molecule has 1 aliphatic heterocycles. The summed E-state index contributed by atoms with van der Waals surface area (Å²) >= 11 is 0. The summed E-state index contributed by atoms with van der Waals surface area (Å²) in [6.07, 6.45) is 5.44. The van der Waals surface area contributed by atoms with E-state index in [4.69, 9.17) is 0 Å². The second-order valence-corrected chi connectivity index (χ2v) is 11.8. The van der Waals surface area contributed by atoms with Gasteiger partial charge in [-0.05, 0) is 50.8 Å². The molecule has 4 rings (SSSR count). The molecule has 0 saturated heterocycles. The van der Waals surface area contributed by atoms with Crippen LogP contribution in [0.3, 0.4) is 0 Å². The lowest BCUT2D eigenvalue weighted by atomic mass is 9.95. The summed E-state index contributed by atoms with van der Waals surface area (Å²) in [6.45, 7) is 3.89. The second kappa shape index (κ2) is 11.5. The SMILES string of the molecule is Cc1ccc(CN(C(=O)CCCN2C(=O)c3ccccc3S2(=O)=O)[C@@H](C)C(=O)NC2CCCCC2)cc1. The highest BCUT2D eigenvalue weighted by molar-refractivity contribution is 7.90. The van der Waals surface area contributed by atoms with Crippen LogP contribution in [0.5, 0.6) is 0 Å². The summed E-state index contributed by atoms with van der Waals surface area (Å²) in [7, 11) is -3.92. The molecule has 1 saturated carbocycles. The molecule has 198 valence electrons.